The zero-order chi connectivity index (χ0) is 15.5. The van der Waals surface area contributed by atoms with Crippen LogP contribution in [-0.2, 0) is 14.6 Å². The summed E-state index contributed by atoms with van der Waals surface area (Å²) in [4.78, 5) is 11.6. The highest BCUT2D eigenvalue weighted by Crippen LogP contribution is 2.13. The van der Waals surface area contributed by atoms with Crippen LogP contribution in [-0.4, -0.2) is 38.4 Å². The second kappa shape index (κ2) is 6.48. The number of halogens is 2. The number of benzene rings is 1. The monoisotopic (exact) mass is 318 g/mol. The number of nitrogens with one attached hydrogen (secondary N) is 2. The molecule has 8 heteroatoms. The van der Waals surface area contributed by atoms with E-state index in [-0.39, 0.29) is 35.6 Å². The molecule has 1 aromatic rings. The van der Waals surface area contributed by atoms with Gasteiger partial charge in [0.2, 0.25) is 5.91 Å². The normalized spacial score (nSPS) is 20.4. The molecule has 1 fully saturated rings. The number of amides is 1. The van der Waals surface area contributed by atoms with Crippen LogP contribution in [0.15, 0.2) is 18.2 Å². The van der Waals surface area contributed by atoms with Crippen LogP contribution in [0.2, 0.25) is 0 Å². The Morgan fingerprint density at radius 1 is 1.29 bits per heavy atom. The quantitative estimate of drug-likeness (QED) is 0.851. The summed E-state index contributed by atoms with van der Waals surface area (Å²) in [5, 5.41) is 5.45. The fraction of sp³-hybridized carbons (Fsp3) is 0.462. The Hall–Kier alpha value is -1.54. The number of carbonyl (C=O) groups is 1. The number of anilines is 1. The maximum absolute atomic E-state index is 13.0. The molecule has 0 aromatic heterocycles. The van der Waals surface area contributed by atoms with Crippen molar-refractivity contribution in [1.29, 1.82) is 0 Å². The van der Waals surface area contributed by atoms with Gasteiger partial charge in [0.1, 0.15) is 0 Å². The van der Waals surface area contributed by atoms with Gasteiger partial charge in [0.05, 0.1) is 11.5 Å². The molecule has 1 aliphatic rings. The molecule has 5 nitrogen and oxygen atoms in total. The van der Waals surface area contributed by atoms with E-state index in [0.29, 0.717) is 13.0 Å². The van der Waals surface area contributed by atoms with Crippen LogP contribution in [0.25, 0.3) is 0 Å². The van der Waals surface area contributed by atoms with E-state index >= 15 is 0 Å². The van der Waals surface area contributed by atoms with Crippen molar-refractivity contribution >= 4 is 21.4 Å². The molecule has 2 N–H and O–H groups in total. The topological polar surface area (TPSA) is 75.3 Å². The first-order chi connectivity index (χ1) is 9.85. The SMILES string of the molecule is O=C(CCNC1CCS(=O)(=O)C1)Nc1ccc(F)c(F)c1. The first-order valence-corrected chi connectivity index (χ1v) is 8.36. The third-order valence-electron chi connectivity index (χ3n) is 3.22. The van der Waals surface area contributed by atoms with Crippen LogP contribution >= 0.6 is 0 Å². The molecule has 21 heavy (non-hydrogen) atoms. The summed E-state index contributed by atoms with van der Waals surface area (Å²) in [7, 11) is -2.94. The molecule has 0 spiro atoms. The molecule has 1 atom stereocenters. The van der Waals surface area contributed by atoms with Crippen molar-refractivity contribution in [3.05, 3.63) is 29.8 Å². The minimum Gasteiger partial charge on any atom is -0.326 e. The summed E-state index contributed by atoms with van der Waals surface area (Å²) in [5.74, 6) is -2.09. The molecule has 1 unspecified atom stereocenters. The Bertz CT molecular complexity index is 634. The van der Waals surface area contributed by atoms with Crippen LogP contribution in [0.5, 0.6) is 0 Å². The summed E-state index contributed by atoms with van der Waals surface area (Å²) < 4.78 is 48.2. The van der Waals surface area contributed by atoms with Gasteiger partial charge in [0.25, 0.3) is 0 Å². The van der Waals surface area contributed by atoms with E-state index in [1.54, 1.807) is 0 Å². The lowest BCUT2D eigenvalue weighted by Gasteiger charge is -2.10. The predicted molar refractivity (Wildman–Crippen MR) is 74.7 cm³/mol. The van der Waals surface area contributed by atoms with Crippen LogP contribution in [0.1, 0.15) is 12.8 Å². The van der Waals surface area contributed by atoms with E-state index in [1.807, 2.05) is 0 Å². The van der Waals surface area contributed by atoms with Crippen LogP contribution in [0.4, 0.5) is 14.5 Å². The highest BCUT2D eigenvalue weighted by atomic mass is 32.2. The molecule has 1 saturated heterocycles. The lowest BCUT2D eigenvalue weighted by molar-refractivity contribution is -0.116. The molecule has 1 aliphatic heterocycles. The van der Waals surface area contributed by atoms with Crippen molar-refractivity contribution < 1.29 is 22.0 Å². The third-order valence-corrected chi connectivity index (χ3v) is 4.99. The summed E-state index contributed by atoms with van der Waals surface area (Å²) in [6.45, 7) is 0.329. The number of rotatable bonds is 5. The van der Waals surface area contributed by atoms with E-state index in [0.717, 1.165) is 12.1 Å². The zero-order valence-corrected chi connectivity index (χ0v) is 12.1. The van der Waals surface area contributed by atoms with Gasteiger partial charge in [-0.05, 0) is 18.6 Å². The van der Waals surface area contributed by atoms with Gasteiger partial charge >= 0.3 is 0 Å². The summed E-state index contributed by atoms with van der Waals surface area (Å²) >= 11 is 0. The predicted octanol–water partition coefficient (Wildman–Crippen LogP) is 1.07. The van der Waals surface area contributed by atoms with Crippen molar-refractivity contribution in [1.82, 2.24) is 5.32 Å². The Morgan fingerprint density at radius 3 is 2.67 bits per heavy atom. The Balaban J connectivity index is 1.74. The molecule has 2 rings (SSSR count). The second-order valence-electron chi connectivity index (χ2n) is 4.98. The molecule has 0 radical (unpaired) electrons. The lowest BCUT2D eigenvalue weighted by atomic mass is 10.2. The van der Waals surface area contributed by atoms with Crippen LogP contribution < -0.4 is 10.6 Å². The average molecular weight is 318 g/mol. The van der Waals surface area contributed by atoms with Gasteiger partial charge in [0.15, 0.2) is 21.5 Å². The van der Waals surface area contributed by atoms with Crippen molar-refractivity contribution in [3.63, 3.8) is 0 Å². The number of hydrogen-bond acceptors (Lipinski definition) is 4. The first kappa shape index (κ1) is 15.8. The first-order valence-electron chi connectivity index (χ1n) is 6.54. The van der Waals surface area contributed by atoms with E-state index in [1.165, 1.54) is 6.07 Å². The molecule has 1 amide bonds. The highest BCUT2D eigenvalue weighted by Gasteiger charge is 2.27. The molecule has 1 aromatic carbocycles. The van der Waals surface area contributed by atoms with Crippen molar-refractivity contribution in [2.75, 3.05) is 23.4 Å². The number of hydrogen-bond donors (Lipinski definition) is 2. The zero-order valence-electron chi connectivity index (χ0n) is 11.2. The standard InChI is InChI=1S/C13H16F2N2O3S/c14-11-2-1-9(7-12(11)15)17-13(18)3-5-16-10-4-6-21(19,20)8-10/h1-2,7,10,16H,3-6,8H2,(H,17,18). The fourth-order valence-electron chi connectivity index (χ4n) is 2.14. The van der Waals surface area contributed by atoms with E-state index in [2.05, 4.69) is 10.6 Å². The van der Waals surface area contributed by atoms with Gasteiger partial charge in [-0.15, -0.1) is 0 Å². The van der Waals surface area contributed by atoms with Gasteiger partial charge in [-0.2, -0.15) is 0 Å². The molecule has 1 heterocycles. The lowest BCUT2D eigenvalue weighted by Crippen LogP contribution is -2.32. The molecular weight excluding hydrogens is 302 g/mol. The second-order valence-corrected chi connectivity index (χ2v) is 7.21. The Morgan fingerprint density at radius 2 is 2.05 bits per heavy atom. The van der Waals surface area contributed by atoms with Gasteiger partial charge in [-0.3, -0.25) is 4.79 Å². The van der Waals surface area contributed by atoms with Crippen molar-refractivity contribution in [2.24, 2.45) is 0 Å². The van der Waals surface area contributed by atoms with Gasteiger partial charge in [-0.25, -0.2) is 17.2 Å². The van der Waals surface area contributed by atoms with Crippen LogP contribution in [0, 0.1) is 11.6 Å². The van der Waals surface area contributed by atoms with E-state index < -0.39 is 21.5 Å². The number of sulfone groups is 1. The van der Waals surface area contributed by atoms with Gasteiger partial charge in [0, 0.05) is 30.8 Å². The Labute approximate surface area is 121 Å². The maximum Gasteiger partial charge on any atom is 0.225 e. The number of carbonyl (C=O) groups excluding carboxylic acids is 1. The Kier molecular flexibility index (Phi) is 4.89. The largest absolute Gasteiger partial charge is 0.326 e. The van der Waals surface area contributed by atoms with E-state index in [4.69, 9.17) is 0 Å². The summed E-state index contributed by atoms with van der Waals surface area (Å²) in [5.41, 5.74) is 0.183. The maximum atomic E-state index is 13.0. The molecular formula is C13H16F2N2O3S. The van der Waals surface area contributed by atoms with Crippen LogP contribution in [0.3, 0.4) is 0 Å². The van der Waals surface area contributed by atoms with Crippen molar-refractivity contribution in [2.45, 2.75) is 18.9 Å². The highest BCUT2D eigenvalue weighted by molar-refractivity contribution is 7.91. The van der Waals surface area contributed by atoms with Gasteiger partial charge < -0.3 is 10.6 Å². The molecule has 0 aliphatic carbocycles. The summed E-state index contributed by atoms with van der Waals surface area (Å²) in [6.07, 6.45) is 0.669. The third kappa shape index (κ3) is 4.75. The van der Waals surface area contributed by atoms with E-state index in [9.17, 15) is 22.0 Å². The fourth-order valence-corrected chi connectivity index (χ4v) is 3.85. The summed E-state index contributed by atoms with van der Waals surface area (Å²) in [6, 6.07) is 3.00. The smallest absolute Gasteiger partial charge is 0.225 e. The van der Waals surface area contributed by atoms with Crippen molar-refractivity contribution in [3.8, 4) is 0 Å². The molecule has 116 valence electrons. The molecule has 0 saturated carbocycles. The minimum absolute atomic E-state index is 0.0950. The molecule has 0 bridgehead atoms. The van der Waals surface area contributed by atoms with Gasteiger partial charge in [-0.1, -0.05) is 0 Å². The average Bonchev–Trinajstić information content (AvgIpc) is 2.73. The minimum atomic E-state index is -2.94.